The molecule has 4 nitrogen and oxygen atoms in total. The first kappa shape index (κ1) is 35.4. The number of benzene rings is 6. The van der Waals surface area contributed by atoms with Gasteiger partial charge in [0.15, 0.2) is 0 Å². The Balaban J connectivity index is 1.27. The molecule has 2 aromatic heterocycles. The maximum Gasteiger partial charge on any atom is 0.298 e. The van der Waals surface area contributed by atoms with Crippen LogP contribution in [0.25, 0.3) is 38.8 Å². The summed E-state index contributed by atoms with van der Waals surface area (Å²) in [6, 6.07) is 47.5. The minimum atomic E-state index is -3.34. The summed E-state index contributed by atoms with van der Waals surface area (Å²) in [5, 5.41) is 1.90. The van der Waals surface area contributed by atoms with E-state index in [-0.39, 0.29) is 23.0 Å². The number of nitrogens with zero attached hydrogens (tertiary/aromatic N) is 4. The number of para-hydroxylation sites is 4. The molecule has 0 bridgehead atoms. The molecule has 9 rings (SSSR count). The van der Waals surface area contributed by atoms with Gasteiger partial charge in [0.2, 0.25) is 0 Å². The van der Waals surface area contributed by atoms with Crippen LogP contribution in [0, 0.1) is 6.92 Å². The van der Waals surface area contributed by atoms with Crippen molar-refractivity contribution in [3.05, 3.63) is 180 Å². The molecule has 0 spiro atoms. The fourth-order valence-corrected chi connectivity index (χ4v) is 8.46. The zero-order chi connectivity index (χ0) is 38.7. The predicted octanol–water partition coefficient (Wildman–Crippen LogP) is 13.8. The number of hydrogen-bond donors (Lipinski definition) is 0. The second kappa shape index (κ2) is 13.8. The van der Waals surface area contributed by atoms with Crippen LogP contribution in [0.2, 0.25) is 0 Å². The highest BCUT2D eigenvalue weighted by Crippen LogP contribution is 2.48. The third kappa shape index (κ3) is 5.92. The number of aryl methyl sites for hydroxylation is 1. The van der Waals surface area contributed by atoms with E-state index in [1.807, 2.05) is 84.3 Å². The summed E-state index contributed by atoms with van der Waals surface area (Å²) in [4.78, 5) is 9.10. The van der Waals surface area contributed by atoms with E-state index < -0.39 is 5.92 Å². The van der Waals surface area contributed by atoms with E-state index in [0.29, 0.717) is 18.0 Å². The molecular weight excluding hydrogens is 695 g/mol. The second-order valence-electron chi connectivity index (χ2n) is 15.6. The highest BCUT2D eigenvalue weighted by atomic mass is 19.3. The van der Waals surface area contributed by atoms with Crippen molar-refractivity contribution in [2.75, 3.05) is 16.5 Å². The van der Waals surface area contributed by atoms with Crippen LogP contribution in [-0.4, -0.2) is 16.2 Å². The summed E-state index contributed by atoms with van der Waals surface area (Å²) in [5.41, 5.74) is 10.4. The first-order chi connectivity index (χ1) is 27.1. The van der Waals surface area contributed by atoms with E-state index in [1.54, 1.807) is 30.5 Å². The van der Waals surface area contributed by atoms with E-state index in [2.05, 4.69) is 86.0 Å². The van der Waals surface area contributed by atoms with Crippen LogP contribution in [0.15, 0.2) is 152 Å². The van der Waals surface area contributed by atoms with Gasteiger partial charge in [-0.05, 0) is 113 Å². The summed E-state index contributed by atoms with van der Waals surface area (Å²) in [6.45, 7) is 11.2. The van der Waals surface area contributed by atoms with Crippen LogP contribution in [0.3, 0.4) is 0 Å². The number of alkyl halides is 2. The molecular formula is C50H44F2N4. The van der Waals surface area contributed by atoms with Gasteiger partial charge in [0.05, 0.1) is 22.4 Å². The van der Waals surface area contributed by atoms with Gasteiger partial charge in [0.25, 0.3) is 5.92 Å². The molecule has 0 unspecified atom stereocenters. The Hall–Kier alpha value is -6.27. The van der Waals surface area contributed by atoms with Crippen molar-refractivity contribution >= 4 is 44.6 Å². The smallest absolute Gasteiger partial charge is 0.298 e. The van der Waals surface area contributed by atoms with Crippen molar-refractivity contribution in [3.8, 4) is 16.9 Å². The van der Waals surface area contributed by atoms with Crippen LogP contribution in [0.5, 0.6) is 0 Å². The van der Waals surface area contributed by atoms with Crippen molar-refractivity contribution in [3.63, 3.8) is 0 Å². The zero-order valence-electron chi connectivity index (χ0n) is 32.3. The molecule has 0 radical (unpaired) electrons. The minimum Gasteiger partial charge on any atom is -0.321 e. The zero-order valence-corrected chi connectivity index (χ0v) is 32.3. The van der Waals surface area contributed by atoms with Crippen LogP contribution >= 0.6 is 0 Å². The molecule has 0 saturated carbocycles. The SMILES string of the molecule is Cc1ccnc(-n2c3ccccc3c3ccc(C(F)(F)c4cc(-c5c(C(C)C)cccc5C(C)C)cc(N5CN(c6ccccc6)c6ccccc65)c4)cc32)c1. The van der Waals surface area contributed by atoms with Crippen molar-refractivity contribution in [1.29, 1.82) is 0 Å². The largest absolute Gasteiger partial charge is 0.321 e. The normalized spacial score (nSPS) is 13.1. The van der Waals surface area contributed by atoms with Crippen LogP contribution in [-0.2, 0) is 5.92 Å². The van der Waals surface area contributed by atoms with Gasteiger partial charge in [-0.3, -0.25) is 4.57 Å². The first-order valence-electron chi connectivity index (χ1n) is 19.4. The third-order valence-electron chi connectivity index (χ3n) is 11.2. The molecule has 3 heterocycles. The Morgan fingerprint density at radius 2 is 1.21 bits per heavy atom. The Labute approximate surface area is 327 Å². The molecule has 6 heteroatoms. The molecule has 0 atom stereocenters. The van der Waals surface area contributed by atoms with E-state index in [4.69, 9.17) is 4.98 Å². The molecule has 1 aliphatic heterocycles. The number of anilines is 4. The van der Waals surface area contributed by atoms with Gasteiger partial charge in [-0.25, -0.2) is 4.98 Å². The predicted molar refractivity (Wildman–Crippen MR) is 228 cm³/mol. The van der Waals surface area contributed by atoms with Gasteiger partial charge in [0, 0.05) is 39.5 Å². The molecule has 56 heavy (non-hydrogen) atoms. The third-order valence-corrected chi connectivity index (χ3v) is 11.2. The molecule has 0 saturated heterocycles. The maximum atomic E-state index is 17.7. The van der Waals surface area contributed by atoms with Gasteiger partial charge in [0.1, 0.15) is 12.5 Å². The fraction of sp³-hybridized carbons (Fsp3) is 0.180. The first-order valence-corrected chi connectivity index (χ1v) is 19.4. The van der Waals surface area contributed by atoms with E-state index >= 15 is 8.78 Å². The summed E-state index contributed by atoms with van der Waals surface area (Å²) in [5.74, 6) is -2.26. The van der Waals surface area contributed by atoms with Crippen molar-refractivity contribution in [2.24, 2.45) is 0 Å². The average Bonchev–Trinajstić information content (AvgIpc) is 3.77. The number of pyridine rings is 1. The van der Waals surface area contributed by atoms with E-state index in [0.717, 1.165) is 66.9 Å². The number of fused-ring (bicyclic) bond motifs is 4. The quantitative estimate of drug-likeness (QED) is 0.155. The minimum absolute atomic E-state index is 0.0513. The number of aromatic nitrogens is 2. The van der Waals surface area contributed by atoms with E-state index in [9.17, 15) is 0 Å². The lowest BCUT2D eigenvalue weighted by Gasteiger charge is -2.27. The second-order valence-corrected chi connectivity index (χ2v) is 15.6. The fourth-order valence-electron chi connectivity index (χ4n) is 8.46. The summed E-state index contributed by atoms with van der Waals surface area (Å²) in [7, 11) is 0. The molecule has 6 aromatic carbocycles. The van der Waals surface area contributed by atoms with Gasteiger partial charge >= 0.3 is 0 Å². The summed E-state index contributed by atoms with van der Waals surface area (Å²) in [6.07, 6.45) is 1.77. The average molecular weight is 739 g/mol. The van der Waals surface area contributed by atoms with Crippen molar-refractivity contribution < 1.29 is 8.78 Å². The Morgan fingerprint density at radius 3 is 1.91 bits per heavy atom. The Kier molecular flexibility index (Phi) is 8.72. The molecule has 0 aliphatic carbocycles. The molecule has 278 valence electrons. The van der Waals surface area contributed by atoms with Crippen LogP contribution in [0.1, 0.15) is 67.3 Å². The van der Waals surface area contributed by atoms with Gasteiger partial charge in [-0.2, -0.15) is 8.78 Å². The van der Waals surface area contributed by atoms with E-state index in [1.165, 1.54) is 0 Å². The number of rotatable bonds is 8. The van der Waals surface area contributed by atoms with Crippen LogP contribution < -0.4 is 9.80 Å². The highest BCUT2D eigenvalue weighted by molar-refractivity contribution is 6.09. The van der Waals surface area contributed by atoms with Gasteiger partial charge in [-0.15, -0.1) is 0 Å². The topological polar surface area (TPSA) is 24.3 Å². The number of hydrogen-bond acceptors (Lipinski definition) is 3. The van der Waals surface area contributed by atoms with Crippen LogP contribution in [0.4, 0.5) is 31.5 Å². The lowest BCUT2D eigenvalue weighted by molar-refractivity contribution is 0.0430. The monoisotopic (exact) mass is 738 g/mol. The highest BCUT2D eigenvalue weighted by Gasteiger charge is 2.37. The van der Waals surface area contributed by atoms with Gasteiger partial charge < -0.3 is 9.80 Å². The molecule has 8 aromatic rings. The lowest BCUT2D eigenvalue weighted by Crippen LogP contribution is -2.24. The standard InChI is InChI=1S/C50H44F2N4/c1-32(2)40-17-13-18-41(33(3)4)49(40)35-27-37(29-39(28-35)55-31-54(38-14-7-6-8-15-38)45-20-11-12-21-46(45)55)50(51,52)36-22-23-43-42-16-9-10-19-44(42)56(47(43)30-36)48-26-34(5)24-25-53-48/h6-30,32-33H,31H2,1-5H3. The molecule has 0 amide bonds. The number of halogens is 2. The van der Waals surface area contributed by atoms with Gasteiger partial charge in [-0.1, -0.05) is 107 Å². The molecule has 0 fully saturated rings. The molecule has 0 N–H and O–H groups in total. The van der Waals surface area contributed by atoms with Crippen molar-refractivity contribution in [2.45, 2.75) is 52.4 Å². The Morgan fingerprint density at radius 1 is 0.571 bits per heavy atom. The summed E-state index contributed by atoms with van der Waals surface area (Å²) >= 11 is 0. The maximum absolute atomic E-state index is 17.7. The Bertz CT molecular complexity index is 2720. The van der Waals surface area contributed by atoms with Crippen molar-refractivity contribution in [1.82, 2.24) is 9.55 Å². The lowest BCUT2D eigenvalue weighted by atomic mass is 9.83. The summed E-state index contributed by atoms with van der Waals surface area (Å²) < 4.78 is 37.5. The molecule has 1 aliphatic rings.